The van der Waals surface area contributed by atoms with E-state index in [1.54, 1.807) is 37.5 Å². The zero-order valence-electron chi connectivity index (χ0n) is 19.0. The van der Waals surface area contributed by atoms with Crippen molar-refractivity contribution in [3.05, 3.63) is 90.1 Å². The van der Waals surface area contributed by atoms with Gasteiger partial charge in [-0.15, -0.1) is 0 Å². The maximum Gasteiger partial charge on any atom is 0.270 e. The first-order valence-electron chi connectivity index (χ1n) is 10.8. The fraction of sp³-hybridized carbons (Fsp3) is 0.0741. The van der Waals surface area contributed by atoms with E-state index in [4.69, 9.17) is 21.7 Å². The van der Waals surface area contributed by atoms with Crippen LogP contribution in [-0.2, 0) is 16.6 Å². The number of hydrogen-bond acceptors (Lipinski definition) is 5. The molecule has 1 aromatic heterocycles. The summed E-state index contributed by atoms with van der Waals surface area (Å²) in [5.41, 5.74) is 2.17. The summed E-state index contributed by atoms with van der Waals surface area (Å²) in [4.78, 5) is 27.5. The lowest BCUT2D eigenvalue weighted by Crippen LogP contribution is -2.54. The number of carbonyl (C=O) groups is 2. The molecule has 1 fully saturated rings. The third-order valence-electron chi connectivity index (χ3n) is 5.70. The van der Waals surface area contributed by atoms with Crippen LogP contribution in [0.25, 0.3) is 17.0 Å². The third kappa shape index (κ3) is 4.27. The highest BCUT2D eigenvalue weighted by atomic mass is 32.1. The molecule has 1 aliphatic heterocycles. The molecule has 2 amide bonds. The topological polar surface area (TPSA) is 72.8 Å². The van der Waals surface area contributed by atoms with Crippen LogP contribution in [0, 0.1) is 0 Å². The number of amides is 2. The Labute approximate surface area is 207 Å². The molecule has 8 heteroatoms. The van der Waals surface area contributed by atoms with Gasteiger partial charge in [0.1, 0.15) is 22.8 Å². The Kier molecular flexibility index (Phi) is 5.80. The van der Waals surface area contributed by atoms with Gasteiger partial charge in [0.2, 0.25) is 0 Å². The van der Waals surface area contributed by atoms with Gasteiger partial charge in [0.25, 0.3) is 11.8 Å². The van der Waals surface area contributed by atoms with E-state index in [0.29, 0.717) is 22.9 Å². The van der Waals surface area contributed by atoms with Gasteiger partial charge < -0.3 is 14.0 Å². The fourth-order valence-corrected chi connectivity index (χ4v) is 4.26. The zero-order valence-corrected chi connectivity index (χ0v) is 19.8. The van der Waals surface area contributed by atoms with Crippen molar-refractivity contribution in [2.24, 2.45) is 7.05 Å². The maximum atomic E-state index is 13.4. The van der Waals surface area contributed by atoms with Crippen LogP contribution in [-0.4, -0.2) is 28.6 Å². The summed E-state index contributed by atoms with van der Waals surface area (Å²) >= 11 is 5.33. The molecule has 1 saturated heterocycles. The lowest BCUT2D eigenvalue weighted by molar-refractivity contribution is -0.122. The summed E-state index contributed by atoms with van der Waals surface area (Å²) in [6, 6.07) is 22.0. The molecule has 0 bridgehead atoms. The number of ether oxygens (including phenoxy) is 2. The molecule has 0 spiro atoms. The van der Waals surface area contributed by atoms with E-state index >= 15 is 0 Å². The van der Waals surface area contributed by atoms with Gasteiger partial charge in [-0.25, -0.2) is 0 Å². The standard InChI is InChI=1S/C27H21N3O4S/c1-29-16-17(22-15-21(33-2)12-13-24(22)29)14-23-25(31)28-27(35)30(26(23)32)18-8-10-20(11-9-18)34-19-6-4-3-5-7-19/h3-16H,1-2H3,(H,28,31,35). The number of methoxy groups -OCH3 is 1. The number of aromatic nitrogens is 1. The average molecular weight is 484 g/mol. The highest BCUT2D eigenvalue weighted by Crippen LogP contribution is 2.30. The van der Waals surface area contributed by atoms with Crippen LogP contribution in [0.3, 0.4) is 0 Å². The lowest BCUT2D eigenvalue weighted by atomic mass is 10.1. The molecule has 1 N–H and O–H groups in total. The first kappa shape index (κ1) is 22.4. The normalized spacial score (nSPS) is 15.0. The van der Waals surface area contributed by atoms with Crippen molar-refractivity contribution in [2.45, 2.75) is 0 Å². The molecule has 1 aliphatic rings. The monoisotopic (exact) mass is 483 g/mol. The van der Waals surface area contributed by atoms with Crippen LogP contribution in [0.1, 0.15) is 5.56 Å². The van der Waals surface area contributed by atoms with E-state index in [1.165, 1.54) is 4.90 Å². The van der Waals surface area contributed by atoms with E-state index in [1.807, 2.05) is 66.3 Å². The van der Waals surface area contributed by atoms with Crippen LogP contribution >= 0.6 is 12.2 Å². The van der Waals surface area contributed by atoms with Crippen molar-refractivity contribution >= 4 is 51.8 Å². The second-order valence-corrected chi connectivity index (χ2v) is 8.33. The Morgan fingerprint density at radius 2 is 1.60 bits per heavy atom. The van der Waals surface area contributed by atoms with Crippen LogP contribution in [0.2, 0.25) is 0 Å². The van der Waals surface area contributed by atoms with Crippen molar-refractivity contribution in [1.29, 1.82) is 0 Å². The first-order valence-corrected chi connectivity index (χ1v) is 11.2. The van der Waals surface area contributed by atoms with Crippen LogP contribution in [0.4, 0.5) is 5.69 Å². The number of rotatable bonds is 5. The van der Waals surface area contributed by atoms with Gasteiger partial charge in [0.05, 0.1) is 12.8 Å². The molecule has 0 unspecified atom stereocenters. The summed E-state index contributed by atoms with van der Waals surface area (Å²) in [6.07, 6.45) is 3.45. The molecule has 0 radical (unpaired) electrons. The summed E-state index contributed by atoms with van der Waals surface area (Å²) in [6.45, 7) is 0. The van der Waals surface area contributed by atoms with Crippen molar-refractivity contribution in [1.82, 2.24) is 9.88 Å². The predicted octanol–water partition coefficient (Wildman–Crippen LogP) is 4.81. The molecule has 4 aromatic rings. The molecule has 0 saturated carbocycles. The smallest absolute Gasteiger partial charge is 0.270 e. The third-order valence-corrected chi connectivity index (χ3v) is 5.99. The number of para-hydroxylation sites is 1. The summed E-state index contributed by atoms with van der Waals surface area (Å²) in [5.74, 6) is 0.952. The molecule has 7 nitrogen and oxygen atoms in total. The van der Waals surface area contributed by atoms with Crippen LogP contribution in [0.15, 0.2) is 84.6 Å². The van der Waals surface area contributed by atoms with Gasteiger partial charge in [0.15, 0.2) is 5.11 Å². The molecular weight excluding hydrogens is 462 g/mol. The summed E-state index contributed by atoms with van der Waals surface area (Å²) in [7, 11) is 3.50. The second-order valence-electron chi connectivity index (χ2n) is 7.95. The molecular formula is C27H21N3O4S. The largest absolute Gasteiger partial charge is 0.497 e. The Balaban J connectivity index is 1.47. The minimum Gasteiger partial charge on any atom is -0.497 e. The molecule has 0 aliphatic carbocycles. The number of anilines is 1. The molecule has 2 heterocycles. The Bertz CT molecular complexity index is 1490. The Morgan fingerprint density at radius 3 is 2.31 bits per heavy atom. The van der Waals surface area contributed by atoms with Crippen molar-refractivity contribution < 1.29 is 19.1 Å². The average Bonchev–Trinajstić information content (AvgIpc) is 3.17. The summed E-state index contributed by atoms with van der Waals surface area (Å²) in [5, 5.41) is 3.51. The molecule has 3 aromatic carbocycles. The van der Waals surface area contributed by atoms with E-state index < -0.39 is 11.8 Å². The van der Waals surface area contributed by atoms with Gasteiger partial charge in [-0.2, -0.15) is 0 Å². The quantitative estimate of drug-likeness (QED) is 0.251. The lowest BCUT2D eigenvalue weighted by Gasteiger charge is -2.29. The predicted molar refractivity (Wildman–Crippen MR) is 139 cm³/mol. The van der Waals surface area contributed by atoms with Gasteiger partial charge in [-0.3, -0.25) is 19.8 Å². The maximum absolute atomic E-state index is 13.4. The number of fused-ring (bicyclic) bond motifs is 1. The highest BCUT2D eigenvalue weighted by molar-refractivity contribution is 7.80. The number of aryl methyl sites for hydroxylation is 1. The van der Waals surface area contributed by atoms with Gasteiger partial charge in [-0.05, 0) is 72.9 Å². The van der Waals surface area contributed by atoms with Gasteiger partial charge >= 0.3 is 0 Å². The van der Waals surface area contributed by atoms with E-state index in [0.717, 1.165) is 16.5 Å². The molecule has 5 rings (SSSR count). The van der Waals surface area contributed by atoms with E-state index in [2.05, 4.69) is 5.32 Å². The van der Waals surface area contributed by atoms with Crippen LogP contribution in [0.5, 0.6) is 17.2 Å². The molecule has 0 atom stereocenters. The zero-order chi connectivity index (χ0) is 24.5. The minimum absolute atomic E-state index is 0.0152. The van der Waals surface area contributed by atoms with Gasteiger partial charge in [-0.1, -0.05) is 18.2 Å². The minimum atomic E-state index is -0.541. The second kappa shape index (κ2) is 9.08. The molecule has 174 valence electrons. The van der Waals surface area contributed by atoms with Crippen LogP contribution < -0.4 is 19.7 Å². The van der Waals surface area contributed by atoms with Crippen molar-refractivity contribution in [3.63, 3.8) is 0 Å². The SMILES string of the molecule is COc1ccc2c(c1)c(C=C1C(=O)NC(=S)N(c3ccc(Oc4ccccc4)cc3)C1=O)cn2C. The fourth-order valence-electron chi connectivity index (χ4n) is 3.98. The van der Waals surface area contributed by atoms with E-state index in [-0.39, 0.29) is 10.7 Å². The van der Waals surface area contributed by atoms with Gasteiger partial charge in [0, 0.05) is 29.7 Å². The number of nitrogens with one attached hydrogen (secondary N) is 1. The number of carbonyl (C=O) groups excluding carboxylic acids is 2. The molecule has 35 heavy (non-hydrogen) atoms. The number of hydrogen-bond donors (Lipinski definition) is 1. The number of nitrogens with zero attached hydrogens (tertiary/aromatic N) is 2. The Hall–Kier alpha value is -4.43. The van der Waals surface area contributed by atoms with Crippen molar-refractivity contribution in [2.75, 3.05) is 12.0 Å². The number of benzene rings is 3. The summed E-state index contributed by atoms with van der Waals surface area (Å²) < 4.78 is 13.1. The number of thiocarbonyl (C=S) groups is 1. The van der Waals surface area contributed by atoms with Crippen molar-refractivity contribution in [3.8, 4) is 17.2 Å². The first-order chi connectivity index (χ1) is 16.9. The Morgan fingerprint density at radius 1 is 0.914 bits per heavy atom. The highest BCUT2D eigenvalue weighted by Gasteiger charge is 2.34. The van der Waals surface area contributed by atoms with E-state index in [9.17, 15) is 9.59 Å².